The molecule has 1 aromatic carbocycles. The van der Waals surface area contributed by atoms with Gasteiger partial charge in [0, 0.05) is 6.04 Å². The quantitative estimate of drug-likeness (QED) is 0.793. The Kier molecular flexibility index (Phi) is 4.38. The fourth-order valence-corrected chi connectivity index (χ4v) is 2.42. The van der Waals surface area contributed by atoms with Gasteiger partial charge in [0.1, 0.15) is 17.4 Å². The molecule has 1 aromatic rings. The lowest BCUT2D eigenvalue weighted by atomic mass is 10.1. The molecule has 0 radical (unpaired) electrons. The first-order valence-electron chi connectivity index (χ1n) is 6.50. The van der Waals surface area contributed by atoms with E-state index in [1.54, 1.807) is 6.07 Å². The molecule has 110 valence electrons. The number of hydrogen-bond donors (Lipinski definition) is 3. The van der Waals surface area contributed by atoms with Gasteiger partial charge in [0.15, 0.2) is 0 Å². The standard InChI is InChI=1S/C14H14FN3O3/c15-11-2-1-3-12(10(11)7-16)18-14(21)17-9-5-4-8(6-9)13(19)20/h1-3,8-9H,4-6H2,(H,19,20)(H2,17,18,21). The summed E-state index contributed by atoms with van der Waals surface area (Å²) in [4.78, 5) is 22.7. The Hall–Kier alpha value is -2.62. The number of nitrogens with zero attached hydrogens (tertiary/aromatic N) is 1. The molecule has 1 saturated carbocycles. The topological polar surface area (TPSA) is 102 Å². The van der Waals surface area contributed by atoms with E-state index in [0.717, 1.165) is 6.07 Å². The van der Waals surface area contributed by atoms with Crippen LogP contribution in [-0.4, -0.2) is 23.1 Å². The molecule has 0 heterocycles. The molecule has 1 aliphatic rings. The van der Waals surface area contributed by atoms with Crippen LogP contribution >= 0.6 is 0 Å². The second-order valence-electron chi connectivity index (χ2n) is 4.92. The number of nitrogens with one attached hydrogen (secondary N) is 2. The lowest BCUT2D eigenvalue weighted by molar-refractivity contribution is -0.141. The molecular formula is C14H14FN3O3. The van der Waals surface area contributed by atoms with E-state index in [2.05, 4.69) is 10.6 Å². The molecule has 0 aromatic heterocycles. The van der Waals surface area contributed by atoms with Gasteiger partial charge in [-0.3, -0.25) is 4.79 Å². The highest BCUT2D eigenvalue weighted by Crippen LogP contribution is 2.26. The SMILES string of the molecule is N#Cc1c(F)cccc1NC(=O)NC1CCC(C(=O)O)C1. The fourth-order valence-electron chi connectivity index (χ4n) is 2.42. The van der Waals surface area contributed by atoms with Crippen LogP contribution in [0.4, 0.5) is 14.9 Å². The minimum atomic E-state index is -0.864. The molecule has 0 aliphatic heterocycles. The smallest absolute Gasteiger partial charge is 0.319 e. The number of anilines is 1. The van der Waals surface area contributed by atoms with Crippen molar-refractivity contribution in [3.63, 3.8) is 0 Å². The van der Waals surface area contributed by atoms with Gasteiger partial charge in [-0.05, 0) is 31.4 Å². The summed E-state index contributed by atoms with van der Waals surface area (Å²) in [5, 5.41) is 22.8. The van der Waals surface area contributed by atoms with E-state index in [9.17, 15) is 14.0 Å². The number of rotatable bonds is 3. The zero-order valence-corrected chi connectivity index (χ0v) is 11.1. The van der Waals surface area contributed by atoms with Crippen molar-refractivity contribution in [1.29, 1.82) is 5.26 Å². The average molecular weight is 291 g/mol. The minimum Gasteiger partial charge on any atom is -0.481 e. The number of carboxylic acid groups (broad SMARTS) is 1. The Labute approximate surface area is 120 Å². The largest absolute Gasteiger partial charge is 0.481 e. The van der Waals surface area contributed by atoms with Gasteiger partial charge in [-0.15, -0.1) is 0 Å². The summed E-state index contributed by atoms with van der Waals surface area (Å²) >= 11 is 0. The molecule has 2 amide bonds. The lowest BCUT2D eigenvalue weighted by Crippen LogP contribution is -2.36. The molecule has 0 spiro atoms. The predicted octanol–water partition coefficient (Wildman–Crippen LogP) is 2.07. The molecule has 21 heavy (non-hydrogen) atoms. The third-order valence-corrected chi connectivity index (χ3v) is 3.49. The summed E-state index contributed by atoms with van der Waals surface area (Å²) in [7, 11) is 0. The van der Waals surface area contributed by atoms with Crippen molar-refractivity contribution in [2.75, 3.05) is 5.32 Å². The summed E-state index contributed by atoms with van der Waals surface area (Å²) in [5.74, 6) is -2.02. The number of carbonyl (C=O) groups excluding carboxylic acids is 1. The van der Waals surface area contributed by atoms with Crippen LogP contribution in [-0.2, 0) is 4.79 Å². The van der Waals surface area contributed by atoms with Crippen LogP contribution in [0.2, 0.25) is 0 Å². The van der Waals surface area contributed by atoms with Crippen molar-refractivity contribution in [2.24, 2.45) is 5.92 Å². The normalized spacial score (nSPS) is 20.6. The molecule has 2 rings (SSSR count). The van der Waals surface area contributed by atoms with Gasteiger partial charge >= 0.3 is 12.0 Å². The number of benzene rings is 1. The number of hydrogen-bond acceptors (Lipinski definition) is 3. The van der Waals surface area contributed by atoms with E-state index < -0.39 is 23.7 Å². The predicted molar refractivity (Wildman–Crippen MR) is 72.0 cm³/mol. The van der Waals surface area contributed by atoms with Gasteiger partial charge < -0.3 is 15.7 Å². The van der Waals surface area contributed by atoms with Gasteiger partial charge in [0.05, 0.1) is 11.6 Å². The lowest BCUT2D eigenvalue weighted by Gasteiger charge is -2.14. The van der Waals surface area contributed by atoms with Crippen LogP contribution in [0.5, 0.6) is 0 Å². The van der Waals surface area contributed by atoms with Gasteiger partial charge in [-0.25, -0.2) is 9.18 Å². The Bertz CT molecular complexity index is 612. The number of carbonyl (C=O) groups is 2. The van der Waals surface area contributed by atoms with Crippen LogP contribution in [0.1, 0.15) is 24.8 Å². The van der Waals surface area contributed by atoms with Gasteiger partial charge in [0.2, 0.25) is 0 Å². The van der Waals surface area contributed by atoms with Gasteiger partial charge in [-0.1, -0.05) is 6.07 Å². The zero-order valence-electron chi connectivity index (χ0n) is 11.1. The second-order valence-corrected chi connectivity index (χ2v) is 4.92. The maximum absolute atomic E-state index is 13.4. The van der Waals surface area contributed by atoms with Crippen molar-refractivity contribution in [2.45, 2.75) is 25.3 Å². The van der Waals surface area contributed by atoms with Crippen LogP contribution in [0.25, 0.3) is 0 Å². The van der Waals surface area contributed by atoms with Gasteiger partial charge in [-0.2, -0.15) is 5.26 Å². The first-order valence-corrected chi connectivity index (χ1v) is 6.50. The van der Waals surface area contributed by atoms with Crippen LogP contribution < -0.4 is 10.6 Å². The molecule has 0 bridgehead atoms. The third-order valence-electron chi connectivity index (χ3n) is 3.49. The van der Waals surface area contributed by atoms with Crippen molar-refractivity contribution >= 4 is 17.7 Å². The van der Waals surface area contributed by atoms with Crippen molar-refractivity contribution in [1.82, 2.24) is 5.32 Å². The zero-order chi connectivity index (χ0) is 15.4. The van der Waals surface area contributed by atoms with Crippen LogP contribution in [0.3, 0.4) is 0 Å². The van der Waals surface area contributed by atoms with Crippen LogP contribution in [0, 0.1) is 23.1 Å². The van der Waals surface area contributed by atoms with E-state index in [0.29, 0.717) is 19.3 Å². The molecule has 6 nitrogen and oxygen atoms in total. The van der Waals surface area contributed by atoms with Crippen molar-refractivity contribution < 1.29 is 19.1 Å². The minimum absolute atomic E-state index is 0.0859. The summed E-state index contributed by atoms with van der Waals surface area (Å²) in [5.41, 5.74) is -0.148. The fraction of sp³-hybridized carbons (Fsp3) is 0.357. The Morgan fingerprint density at radius 1 is 1.38 bits per heavy atom. The number of amides is 2. The highest BCUT2D eigenvalue weighted by molar-refractivity contribution is 5.91. The Balaban J connectivity index is 1.96. The summed E-state index contributed by atoms with van der Waals surface area (Å²) < 4.78 is 13.4. The Morgan fingerprint density at radius 2 is 2.14 bits per heavy atom. The molecule has 7 heteroatoms. The molecule has 2 atom stereocenters. The molecule has 0 saturated heterocycles. The van der Waals surface area contributed by atoms with Crippen molar-refractivity contribution in [3.8, 4) is 6.07 Å². The first kappa shape index (κ1) is 14.8. The summed E-state index contributed by atoms with van der Waals surface area (Å²) in [6.07, 6.45) is 1.47. The number of urea groups is 1. The molecule has 3 N–H and O–H groups in total. The van der Waals surface area contributed by atoms with E-state index >= 15 is 0 Å². The highest BCUT2D eigenvalue weighted by Gasteiger charge is 2.30. The van der Waals surface area contributed by atoms with E-state index in [1.165, 1.54) is 12.1 Å². The van der Waals surface area contributed by atoms with Gasteiger partial charge in [0.25, 0.3) is 0 Å². The monoisotopic (exact) mass is 291 g/mol. The second kappa shape index (κ2) is 6.22. The summed E-state index contributed by atoms with van der Waals surface area (Å²) in [6.45, 7) is 0. The van der Waals surface area contributed by atoms with Crippen LogP contribution in [0.15, 0.2) is 18.2 Å². The number of nitriles is 1. The van der Waals surface area contributed by atoms with Crippen molar-refractivity contribution in [3.05, 3.63) is 29.6 Å². The number of aliphatic carboxylic acids is 1. The van der Waals surface area contributed by atoms with E-state index in [4.69, 9.17) is 10.4 Å². The maximum Gasteiger partial charge on any atom is 0.319 e. The summed E-state index contributed by atoms with van der Waals surface area (Å²) in [6, 6.07) is 4.83. The number of carboxylic acids is 1. The Morgan fingerprint density at radius 3 is 2.76 bits per heavy atom. The van der Waals surface area contributed by atoms with E-state index in [1.807, 2.05) is 0 Å². The molecule has 1 aliphatic carbocycles. The highest BCUT2D eigenvalue weighted by atomic mass is 19.1. The molecule has 2 unspecified atom stereocenters. The maximum atomic E-state index is 13.4. The number of halogens is 1. The van der Waals surface area contributed by atoms with E-state index in [-0.39, 0.29) is 17.3 Å². The third kappa shape index (κ3) is 3.48. The molecule has 1 fully saturated rings. The molecular weight excluding hydrogens is 277 g/mol. The average Bonchev–Trinajstić information content (AvgIpc) is 2.87. The first-order chi connectivity index (χ1) is 10.0.